The molecule has 6 heteroatoms. The fourth-order valence-corrected chi connectivity index (χ4v) is 2.99. The predicted molar refractivity (Wildman–Crippen MR) is 103 cm³/mol. The molecule has 1 fully saturated rings. The van der Waals surface area contributed by atoms with E-state index in [-0.39, 0.29) is 5.54 Å². The number of methoxy groups -OCH3 is 1. The normalized spacial score (nSPS) is 15.2. The summed E-state index contributed by atoms with van der Waals surface area (Å²) in [6.45, 7) is 10.0. The van der Waals surface area contributed by atoms with Gasteiger partial charge in [0.2, 0.25) is 5.95 Å². The highest BCUT2D eigenvalue weighted by Gasteiger charge is 2.21. The summed E-state index contributed by atoms with van der Waals surface area (Å²) in [5.74, 6) is 2.58. The van der Waals surface area contributed by atoms with Crippen molar-refractivity contribution in [3.63, 3.8) is 0 Å². The standard InChI is InChI=1S/C19H27N5O/c1-19(2,3)22-18-20-10-9-17(21-18)24-13-11-23(12-14-24)15-7-5-6-8-16(15)25-4/h5-10H,11-14H2,1-4H3,(H,20,21,22). The van der Waals surface area contributed by atoms with E-state index in [4.69, 9.17) is 4.74 Å². The topological polar surface area (TPSA) is 53.5 Å². The van der Waals surface area contributed by atoms with Crippen molar-refractivity contribution in [3.8, 4) is 5.75 Å². The maximum Gasteiger partial charge on any atom is 0.225 e. The van der Waals surface area contributed by atoms with E-state index in [0.29, 0.717) is 5.95 Å². The third-order valence-corrected chi connectivity index (χ3v) is 4.16. The molecule has 1 aromatic heterocycles. The van der Waals surface area contributed by atoms with Gasteiger partial charge in [0, 0.05) is 37.9 Å². The van der Waals surface area contributed by atoms with E-state index in [1.54, 1.807) is 7.11 Å². The molecule has 1 aliphatic rings. The van der Waals surface area contributed by atoms with Gasteiger partial charge >= 0.3 is 0 Å². The summed E-state index contributed by atoms with van der Waals surface area (Å²) in [5.41, 5.74) is 1.10. The summed E-state index contributed by atoms with van der Waals surface area (Å²) >= 11 is 0. The van der Waals surface area contributed by atoms with Gasteiger partial charge in [-0.3, -0.25) is 0 Å². The molecule has 0 spiro atoms. The maximum atomic E-state index is 5.49. The van der Waals surface area contributed by atoms with Gasteiger partial charge in [0.25, 0.3) is 0 Å². The van der Waals surface area contributed by atoms with E-state index in [2.05, 4.69) is 58.0 Å². The summed E-state index contributed by atoms with van der Waals surface area (Å²) in [6.07, 6.45) is 1.82. The molecule has 1 aromatic carbocycles. The molecule has 0 saturated carbocycles. The van der Waals surface area contributed by atoms with Gasteiger partial charge in [-0.25, -0.2) is 4.98 Å². The molecular weight excluding hydrogens is 314 g/mol. The molecule has 6 nitrogen and oxygen atoms in total. The molecule has 0 aliphatic carbocycles. The summed E-state index contributed by atoms with van der Waals surface area (Å²) in [7, 11) is 1.72. The number of piperazine rings is 1. The van der Waals surface area contributed by atoms with Crippen LogP contribution in [0.15, 0.2) is 36.5 Å². The van der Waals surface area contributed by atoms with Crippen molar-refractivity contribution in [3.05, 3.63) is 36.5 Å². The predicted octanol–water partition coefficient (Wildman–Crippen LogP) is 3.02. The molecular formula is C19H27N5O. The zero-order valence-corrected chi connectivity index (χ0v) is 15.5. The average Bonchev–Trinajstić information content (AvgIpc) is 2.60. The van der Waals surface area contributed by atoms with E-state index in [1.165, 1.54) is 0 Å². The van der Waals surface area contributed by atoms with E-state index >= 15 is 0 Å². The van der Waals surface area contributed by atoms with E-state index in [0.717, 1.165) is 43.4 Å². The van der Waals surface area contributed by atoms with Gasteiger partial charge in [0.05, 0.1) is 12.8 Å². The van der Waals surface area contributed by atoms with Crippen molar-refractivity contribution in [1.29, 1.82) is 0 Å². The number of nitrogens with one attached hydrogen (secondary N) is 1. The fraction of sp³-hybridized carbons (Fsp3) is 0.474. The lowest BCUT2D eigenvalue weighted by Gasteiger charge is -2.37. The molecule has 2 heterocycles. The van der Waals surface area contributed by atoms with Crippen molar-refractivity contribution in [1.82, 2.24) is 9.97 Å². The highest BCUT2D eigenvalue weighted by molar-refractivity contribution is 5.59. The van der Waals surface area contributed by atoms with Gasteiger partial charge < -0.3 is 19.9 Å². The Bertz CT molecular complexity index is 705. The van der Waals surface area contributed by atoms with Crippen LogP contribution in [0.25, 0.3) is 0 Å². The average molecular weight is 341 g/mol. The second-order valence-electron chi connectivity index (χ2n) is 7.26. The van der Waals surface area contributed by atoms with Gasteiger partial charge in [-0.2, -0.15) is 4.98 Å². The summed E-state index contributed by atoms with van der Waals surface area (Å²) < 4.78 is 5.49. The quantitative estimate of drug-likeness (QED) is 0.922. The van der Waals surface area contributed by atoms with Crippen LogP contribution in [0.5, 0.6) is 5.75 Å². The van der Waals surface area contributed by atoms with Crippen LogP contribution in [0.4, 0.5) is 17.5 Å². The van der Waals surface area contributed by atoms with E-state index in [9.17, 15) is 0 Å². The number of hydrogen-bond acceptors (Lipinski definition) is 6. The maximum absolute atomic E-state index is 5.49. The van der Waals surface area contributed by atoms with Gasteiger partial charge in [0.15, 0.2) is 0 Å². The minimum atomic E-state index is -0.0544. The Balaban J connectivity index is 1.67. The second-order valence-corrected chi connectivity index (χ2v) is 7.26. The van der Waals surface area contributed by atoms with E-state index < -0.39 is 0 Å². The lowest BCUT2D eigenvalue weighted by Crippen LogP contribution is -2.47. The van der Waals surface area contributed by atoms with Gasteiger partial charge in [-0.15, -0.1) is 0 Å². The highest BCUT2D eigenvalue weighted by Crippen LogP contribution is 2.29. The number of aromatic nitrogens is 2. The first kappa shape index (κ1) is 17.3. The Labute approximate surface area is 149 Å². The molecule has 0 bridgehead atoms. The van der Waals surface area contributed by atoms with Crippen LogP contribution < -0.4 is 19.9 Å². The molecule has 1 aliphatic heterocycles. The van der Waals surface area contributed by atoms with Gasteiger partial charge in [0.1, 0.15) is 11.6 Å². The lowest BCUT2D eigenvalue weighted by atomic mass is 10.1. The number of ether oxygens (including phenoxy) is 1. The van der Waals surface area contributed by atoms with Crippen molar-refractivity contribution >= 4 is 17.5 Å². The van der Waals surface area contributed by atoms with Gasteiger partial charge in [-0.05, 0) is 39.0 Å². The molecule has 0 unspecified atom stereocenters. The molecule has 25 heavy (non-hydrogen) atoms. The van der Waals surface area contributed by atoms with Gasteiger partial charge in [-0.1, -0.05) is 12.1 Å². The first-order valence-electron chi connectivity index (χ1n) is 8.70. The summed E-state index contributed by atoms with van der Waals surface area (Å²) in [6, 6.07) is 10.2. The van der Waals surface area contributed by atoms with Crippen molar-refractivity contribution in [2.24, 2.45) is 0 Å². The second kappa shape index (κ2) is 7.17. The summed E-state index contributed by atoms with van der Waals surface area (Å²) in [4.78, 5) is 13.7. The fourth-order valence-electron chi connectivity index (χ4n) is 2.99. The minimum Gasteiger partial charge on any atom is -0.495 e. The van der Waals surface area contributed by atoms with Crippen molar-refractivity contribution in [2.45, 2.75) is 26.3 Å². The van der Waals surface area contributed by atoms with Crippen LogP contribution in [0.1, 0.15) is 20.8 Å². The molecule has 2 aromatic rings. The molecule has 0 amide bonds. The number of anilines is 3. The zero-order chi connectivity index (χ0) is 17.9. The highest BCUT2D eigenvalue weighted by atomic mass is 16.5. The Kier molecular flexibility index (Phi) is 4.97. The Morgan fingerprint density at radius 3 is 2.36 bits per heavy atom. The number of benzene rings is 1. The lowest BCUT2D eigenvalue weighted by molar-refractivity contribution is 0.413. The van der Waals surface area contributed by atoms with Crippen LogP contribution >= 0.6 is 0 Å². The Morgan fingerprint density at radius 1 is 1.00 bits per heavy atom. The van der Waals surface area contributed by atoms with Crippen LogP contribution in [0.2, 0.25) is 0 Å². The molecule has 0 atom stereocenters. The smallest absolute Gasteiger partial charge is 0.225 e. The Hall–Kier alpha value is -2.50. The van der Waals surface area contributed by atoms with Crippen LogP contribution in [-0.4, -0.2) is 48.8 Å². The molecule has 3 rings (SSSR count). The molecule has 1 saturated heterocycles. The minimum absolute atomic E-state index is 0.0544. The van der Waals surface area contributed by atoms with Crippen molar-refractivity contribution in [2.75, 3.05) is 48.4 Å². The zero-order valence-electron chi connectivity index (χ0n) is 15.5. The summed E-state index contributed by atoms with van der Waals surface area (Å²) in [5, 5.41) is 3.33. The van der Waals surface area contributed by atoms with Crippen LogP contribution in [0, 0.1) is 0 Å². The largest absolute Gasteiger partial charge is 0.495 e. The SMILES string of the molecule is COc1ccccc1N1CCN(c2ccnc(NC(C)(C)C)n2)CC1. The number of hydrogen-bond donors (Lipinski definition) is 1. The number of para-hydroxylation sites is 2. The Morgan fingerprint density at radius 2 is 1.68 bits per heavy atom. The molecule has 134 valence electrons. The van der Waals surface area contributed by atoms with Crippen molar-refractivity contribution < 1.29 is 4.74 Å². The first-order chi connectivity index (χ1) is 12.0. The monoisotopic (exact) mass is 341 g/mol. The van der Waals surface area contributed by atoms with Crippen LogP contribution in [0.3, 0.4) is 0 Å². The molecule has 0 radical (unpaired) electrons. The third-order valence-electron chi connectivity index (χ3n) is 4.16. The number of rotatable bonds is 4. The number of nitrogens with zero attached hydrogens (tertiary/aromatic N) is 4. The molecule has 1 N–H and O–H groups in total. The first-order valence-corrected chi connectivity index (χ1v) is 8.70. The van der Waals surface area contributed by atoms with E-state index in [1.807, 2.05) is 24.4 Å². The van der Waals surface area contributed by atoms with Crippen LogP contribution in [-0.2, 0) is 0 Å². The third kappa shape index (κ3) is 4.32.